The Bertz CT molecular complexity index is 850. The average molecular weight is 317 g/mol. The molecule has 3 rings (SSSR count). The first-order chi connectivity index (χ1) is 11.0. The molecule has 122 valence electrons. The zero-order valence-electron chi connectivity index (χ0n) is 13.6. The molecule has 0 saturated carbocycles. The number of aromatic nitrogens is 1. The van der Waals surface area contributed by atoms with E-state index in [-0.39, 0.29) is 30.5 Å². The normalized spacial score (nSPS) is 12.9. The van der Waals surface area contributed by atoms with Crippen LogP contribution in [-0.4, -0.2) is 24.3 Å². The average Bonchev–Trinajstić information content (AvgIpc) is 3.00. The summed E-state index contributed by atoms with van der Waals surface area (Å²) in [6, 6.07) is 3.61. The maximum atomic E-state index is 12.8. The molecule has 0 unspecified atom stereocenters. The number of benzene rings is 1. The Morgan fingerprint density at radius 3 is 2.74 bits per heavy atom. The molecule has 0 saturated heterocycles. The van der Waals surface area contributed by atoms with Gasteiger partial charge in [0.15, 0.2) is 11.5 Å². The summed E-state index contributed by atoms with van der Waals surface area (Å²) in [7, 11) is 3.16. The molecule has 2 aromatic rings. The van der Waals surface area contributed by atoms with E-state index in [1.54, 1.807) is 13.1 Å². The molecule has 2 heterocycles. The predicted molar refractivity (Wildman–Crippen MR) is 85.4 cm³/mol. The van der Waals surface area contributed by atoms with Gasteiger partial charge in [-0.05, 0) is 12.1 Å². The molecule has 1 aliphatic rings. The number of aryl methyl sites for hydroxylation is 1. The van der Waals surface area contributed by atoms with Gasteiger partial charge in [-0.25, -0.2) is 0 Å². The van der Waals surface area contributed by atoms with Crippen molar-refractivity contribution < 1.29 is 19.0 Å². The number of fused-ring (bicyclic) bond motifs is 3. The van der Waals surface area contributed by atoms with Crippen LogP contribution in [0, 0.1) is 5.92 Å². The fourth-order valence-corrected chi connectivity index (χ4v) is 2.80. The van der Waals surface area contributed by atoms with Gasteiger partial charge in [0.2, 0.25) is 6.79 Å². The largest absolute Gasteiger partial charge is 0.496 e. The minimum atomic E-state index is -0.257. The Balaban J connectivity index is 2.31. The Morgan fingerprint density at radius 1 is 1.35 bits per heavy atom. The van der Waals surface area contributed by atoms with Gasteiger partial charge >= 0.3 is 0 Å². The smallest absolute Gasteiger partial charge is 0.258 e. The highest BCUT2D eigenvalue weighted by Gasteiger charge is 2.25. The monoisotopic (exact) mass is 317 g/mol. The van der Waals surface area contributed by atoms with Crippen molar-refractivity contribution in [2.45, 2.75) is 20.3 Å². The lowest BCUT2D eigenvalue weighted by Crippen LogP contribution is -2.26. The van der Waals surface area contributed by atoms with Crippen molar-refractivity contribution in [1.29, 1.82) is 0 Å². The zero-order chi connectivity index (χ0) is 16.7. The molecule has 1 aromatic carbocycles. The van der Waals surface area contributed by atoms with Crippen molar-refractivity contribution in [2.75, 3.05) is 13.9 Å². The molecule has 0 spiro atoms. The van der Waals surface area contributed by atoms with Crippen LogP contribution in [0.1, 0.15) is 19.4 Å². The number of carbonyl (C=O) groups excluding carboxylic acids is 1. The molecule has 0 atom stereocenters. The number of Topliss-reactive ketones (excluding diaryl/α,β-unsaturated/α-hetero) is 1. The molecule has 0 amide bonds. The van der Waals surface area contributed by atoms with Gasteiger partial charge in [-0.15, -0.1) is 0 Å². The van der Waals surface area contributed by atoms with E-state index in [4.69, 9.17) is 14.2 Å². The number of pyridine rings is 1. The van der Waals surface area contributed by atoms with E-state index in [9.17, 15) is 9.59 Å². The van der Waals surface area contributed by atoms with Crippen LogP contribution in [0.25, 0.3) is 10.9 Å². The van der Waals surface area contributed by atoms with Gasteiger partial charge in [-0.1, -0.05) is 13.8 Å². The fraction of sp³-hybridized carbons (Fsp3) is 0.412. The Labute approximate surface area is 133 Å². The second-order valence-electron chi connectivity index (χ2n) is 5.87. The van der Waals surface area contributed by atoms with E-state index < -0.39 is 0 Å². The van der Waals surface area contributed by atoms with E-state index >= 15 is 0 Å². The number of ketones is 1. The predicted octanol–water partition coefficient (Wildman–Crippen LogP) is 2.04. The molecule has 0 aliphatic carbocycles. The topological polar surface area (TPSA) is 66.8 Å². The van der Waals surface area contributed by atoms with E-state index in [1.165, 1.54) is 11.7 Å². The second kappa shape index (κ2) is 5.61. The first-order valence-electron chi connectivity index (χ1n) is 7.46. The van der Waals surface area contributed by atoms with Crippen LogP contribution in [0.15, 0.2) is 16.9 Å². The summed E-state index contributed by atoms with van der Waals surface area (Å²) in [5.41, 5.74) is 0.731. The first-order valence-corrected chi connectivity index (χ1v) is 7.46. The molecule has 1 aromatic heterocycles. The summed E-state index contributed by atoms with van der Waals surface area (Å²) in [4.78, 5) is 24.9. The molecule has 0 N–H and O–H groups in total. The fourth-order valence-electron chi connectivity index (χ4n) is 2.80. The highest BCUT2D eigenvalue weighted by molar-refractivity contribution is 5.95. The highest BCUT2D eigenvalue weighted by Crippen LogP contribution is 2.41. The van der Waals surface area contributed by atoms with Gasteiger partial charge in [0.1, 0.15) is 17.0 Å². The van der Waals surface area contributed by atoms with E-state index in [1.807, 2.05) is 19.9 Å². The number of ether oxygens (including phenoxy) is 3. The van der Waals surface area contributed by atoms with E-state index in [0.717, 1.165) is 5.39 Å². The quantitative estimate of drug-likeness (QED) is 0.863. The number of hydrogen-bond acceptors (Lipinski definition) is 5. The van der Waals surface area contributed by atoms with E-state index in [0.29, 0.717) is 28.3 Å². The lowest BCUT2D eigenvalue weighted by Gasteiger charge is -2.16. The number of methoxy groups -OCH3 is 1. The van der Waals surface area contributed by atoms with Crippen molar-refractivity contribution in [2.24, 2.45) is 13.0 Å². The molecule has 0 fully saturated rings. The zero-order valence-corrected chi connectivity index (χ0v) is 13.6. The lowest BCUT2D eigenvalue weighted by atomic mass is 9.99. The molecule has 1 aliphatic heterocycles. The summed E-state index contributed by atoms with van der Waals surface area (Å²) in [5, 5.41) is 0.727. The van der Waals surface area contributed by atoms with E-state index in [2.05, 4.69) is 0 Å². The highest BCUT2D eigenvalue weighted by atomic mass is 16.7. The van der Waals surface area contributed by atoms with Gasteiger partial charge in [-0.3, -0.25) is 9.59 Å². The minimum absolute atomic E-state index is 0.000457. The van der Waals surface area contributed by atoms with Crippen LogP contribution >= 0.6 is 0 Å². The number of nitrogens with zero attached hydrogens (tertiary/aromatic N) is 1. The third-order valence-corrected chi connectivity index (χ3v) is 4.13. The summed E-state index contributed by atoms with van der Waals surface area (Å²) in [6.07, 6.45) is 0.0535. The summed E-state index contributed by atoms with van der Waals surface area (Å²) < 4.78 is 17.8. The van der Waals surface area contributed by atoms with Crippen LogP contribution in [0.5, 0.6) is 17.2 Å². The summed E-state index contributed by atoms with van der Waals surface area (Å²) >= 11 is 0. The van der Waals surface area contributed by atoms with Crippen LogP contribution in [0.2, 0.25) is 0 Å². The maximum Gasteiger partial charge on any atom is 0.258 e. The Kier molecular flexibility index (Phi) is 3.75. The standard InChI is InChI=1S/C17H19NO5/c1-9(2)12(19)7-11-15(21-4)10-5-6-13-16(23-8-22-13)14(10)18(3)17(11)20/h5-6,9H,7-8H2,1-4H3. The first kappa shape index (κ1) is 15.4. The van der Waals surface area contributed by atoms with Crippen LogP contribution in [0.3, 0.4) is 0 Å². The minimum Gasteiger partial charge on any atom is -0.496 e. The Morgan fingerprint density at radius 2 is 2.09 bits per heavy atom. The molecule has 0 bridgehead atoms. The molecule has 23 heavy (non-hydrogen) atoms. The third kappa shape index (κ3) is 2.34. The summed E-state index contributed by atoms with van der Waals surface area (Å²) in [5.74, 6) is 1.41. The molecule has 6 nitrogen and oxygen atoms in total. The van der Waals surface area contributed by atoms with Crippen molar-refractivity contribution in [3.05, 3.63) is 28.0 Å². The van der Waals surface area contributed by atoms with Crippen molar-refractivity contribution in [3.8, 4) is 17.2 Å². The van der Waals surface area contributed by atoms with Gasteiger partial charge in [-0.2, -0.15) is 0 Å². The Hall–Kier alpha value is -2.50. The second-order valence-corrected chi connectivity index (χ2v) is 5.87. The lowest BCUT2D eigenvalue weighted by molar-refractivity contribution is -0.121. The van der Waals surface area contributed by atoms with Crippen molar-refractivity contribution >= 4 is 16.7 Å². The van der Waals surface area contributed by atoms with Crippen LogP contribution in [-0.2, 0) is 18.3 Å². The van der Waals surface area contributed by atoms with Gasteiger partial charge in [0, 0.05) is 24.8 Å². The molecule has 6 heteroatoms. The molecular formula is C17H19NO5. The van der Waals surface area contributed by atoms with Gasteiger partial charge in [0.25, 0.3) is 5.56 Å². The SMILES string of the molecule is COc1c(CC(=O)C(C)C)c(=O)n(C)c2c3c(ccc12)OCO3. The molecule has 0 radical (unpaired) electrons. The van der Waals surface area contributed by atoms with Crippen LogP contribution < -0.4 is 19.8 Å². The van der Waals surface area contributed by atoms with Gasteiger partial charge < -0.3 is 18.8 Å². The van der Waals surface area contributed by atoms with Crippen molar-refractivity contribution in [3.63, 3.8) is 0 Å². The number of hydrogen-bond donors (Lipinski definition) is 0. The maximum absolute atomic E-state index is 12.8. The van der Waals surface area contributed by atoms with Crippen molar-refractivity contribution in [1.82, 2.24) is 4.57 Å². The number of rotatable bonds is 4. The summed E-state index contributed by atoms with van der Waals surface area (Å²) in [6.45, 7) is 3.76. The third-order valence-electron chi connectivity index (χ3n) is 4.13. The van der Waals surface area contributed by atoms with Crippen LogP contribution in [0.4, 0.5) is 0 Å². The number of carbonyl (C=O) groups is 1. The van der Waals surface area contributed by atoms with Gasteiger partial charge in [0.05, 0.1) is 12.7 Å². The molecular weight excluding hydrogens is 298 g/mol.